The maximum atomic E-state index is 13.2. The van der Waals surface area contributed by atoms with Gasteiger partial charge in [0.1, 0.15) is 0 Å². The molecule has 36 heavy (non-hydrogen) atoms. The molecular formula is C28H27ClN4O3. The second-order valence-electron chi connectivity index (χ2n) is 8.79. The van der Waals surface area contributed by atoms with E-state index in [2.05, 4.69) is 41.5 Å². The number of amides is 1. The van der Waals surface area contributed by atoms with Gasteiger partial charge in [0.05, 0.1) is 22.5 Å². The van der Waals surface area contributed by atoms with Crippen molar-refractivity contribution in [1.82, 2.24) is 9.47 Å². The van der Waals surface area contributed by atoms with Gasteiger partial charge in [0, 0.05) is 35.4 Å². The molecule has 0 bridgehead atoms. The van der Waals surface area contributed by atoms with Crippen LogP contribution in [-0.4, -0.2) is 28.5 Å². The standard InChI is InChI=1S/C28H27ClN4O3/c1-4-33(5-2)16-17-6-10-20(11-7-17)30-26(18-8-13-23-24(14-18)36-28(35)32(23)3)25-21-12-9-19(29)15-22(21)31-27(25)34/h6-15,30H,4-5,16H2,1-3H3,(H,31,34)/b26-25-. The average molecular weight is 503 g/mol. The van der Waals surface area contributed by atoms with E-state index in [1.165, 1.54) is 10.1 Å². The van der Waals surface area contributed by atoms with Gasteiger partial charge >= 0.3 is 5.76 Å². The number of anilines is 2. The molecular weight excluding hydrogens is 476 g/mol. The zero-order valence-corrected chi connectivity index (χ0v) is 21.1. The number of nitrogens with zero attached hydrogens (tertiary/aromatic N) is 2. The Balaban J connectivity index is 1.60. The van der Waals surface area contributed by atoms with Gasteiger partial charge in [-0.25, -0.2) is 4.79 Å². The van der Waals surface area contributed by atoms with Crippen molar-refractivity contribution in [3.63, 3.8) is 0 Å². The van der Waals surface area contributed by atoms with Crippen LogP contribution in [0.2, 0.25) is 5.02 Å². The van der Waals surface area contributed by atoms with E-state index < -0.39 is 5.76 Å². The second-order valence-corrected chi connectivity index (χ2v) is 9.22. The highest BCUT2D eigenvalue weighted by Gasteiger charge is 2.29. The summed E-state index contributed by atoms with van der Waals surface area (Å²) in [5, 5.41) is 6.92. The molecule has 3 aromatic carbocycles. The summed E-state index contributed by atoms with van der Waals surface area (Å²) >= 11 is 6.17. The van der Waals surface area contributed by atoms with E-state index in [9.17, 15) is 9.59 Å². The summed E-state index contributed by atoms with van der Waals surface area (Å²) in [5.41, 5.74) is 6.40. The molecule has 0 unspecified atom stereocenters. The lowest BCUT2D eigenvalue weighted by molar-refractivity contribution is -0.110. The summed E-state index contributed by atoms with van der Waals surface area (Å²) in [6.45, 7) is 7.16. The van der Waals surface area contributed by atoms with Crippen molar-refractivity contribution < 1.29 is 9.21 Å². The third-order valence-electron chi connectivity index (χ3n) is 6.58. The fourth-order valence-electron chi connectivity index (χ4n) is 4.50. The molecule has 0 spiro atoms. The predicted molar refractivity (Wildman–Crippen MR) is 145 cm³/mol. The van der Waals surface area contributed by atoms with E-state index in [1.54, 1.807) is 25.2 Å². The molecule has 184 valence electrons. The highest BCUT2D eigenvalue weighted by molar-refractivity contribution is 6.38. The van der Waals surface area contributed by atoms with Crippen molar-refractivity contribution in [1.29, 1.82) is 0 Å². The molecule has 8 heteroatoms. The number of aromatic nitrogens is 1. The van der Waals surface area contributed by atoms with Gasteiger partial charge in [-0.3, -0.25) is 14.3 Å². The first-order valence-electron chi connectivity index (χ1n) is 11.9. The zero-order chi connectivity index (χ0) is 25.4. The normalized spacial score (nSPS) is 14.3. The quantitative estimate of drug-likeness (QED) is 0.323. The Morgan fingerprint density at radius 1 is 1.03 bits per heavy atom. The van der Waals surface area contributed by atoms with Crippen molar-refractivity contribution in [3.8, 4) is 0 Å². The lowest BCUT2D eigenvalue weighted by Crippen LogP contribution is -2.22. The number of rotatable bonds is 7. The molecule has 7 nitrogen and oxygen atoms in total. The Morgan fingerprint density at radius 3 is 2.50 bits per heavy atom. The molecule has 0 atom stereocenters. The van der Waals surface area contributed by atoms with E-state index in [-0.39, 0.29) is 5.91 Å². The number of nitrogens with one attached hydrogen (secondary N) is 2. The van der Waals surface area contributed by atoms with E-state index >= 15 is 0 Å². The SMILES string of the molecule is CCN(CC)Cc1ccc(N/C(=C2\C(=O)Nc3cc(Cl)ccc32)c2ccc3c(c2)oc(=O)n3C)cc1. The Bertz CT molecular complexity index is 1550. The molecule has 1 aliphatic rings. The summed E-state index contributed by atoms with van der Waals surface area (Å²) in [7, 11) is 1.66. The average Bonchev–Trinajstić information content (AvgIpc) is 3.35. The van der Waals surface area contributed by atoms with Gasteiger partial charge in [-0.2, -0.15) is 0 Å². The zero-order valence-electron chi connectivity index (χ0n) is 20.4. The van der Waals surface area contributed by atoms with Crippen molar-refractivity contribution >= 4 is 51.3 Å². The number of aryl methyl sites for hydroxylation is 1. The maximum absolute atomic E-state index is 13.2. The molecule has 5 rings (SSSR count). The molecule has 0 saturated carbocycles. The predicted octanol–water partition coefficient (Wildman–Crippen LogP) is 5.56. The first kappa shape index (κ1) is 23.9. The monoisotopic (exact) mass is 502 g/mol. The molecule has 2 heterocycles. The highest BCUT2D eigenvalue weighted by atomic mass is 35.5. The summed E-state index contributed by atoms with van der Waals surface area (Å²) in [5.74, 6) is -0.672. The Labute approximate surface area is 214 Å². The van der Waals surface area contributed by atoms with Gasteiger partial charge in [-0.1, -0.05) is 49.7 Å². The molecule has 0 fully saturated rings. The third kappa shape index (κ3) is 4.43. The van der Waals surface area contributed by atoms with Gasteiger partial charge < -0.3 is 15.1 Å². The van der Waals surface area contributed by atoms with Crippen LogP contribution in [0.15, 0.2) is 69.9 Å². The van der Waals surface area contributed by atoms with Crippen molar-refractivity contribution in [2.45, 2.75) is 20.4 Å². The minimum Gasteiger partial charge on any atom is -0.408 e. The van der Waals surface area contributed by atoms with Gasteiger partial charge in [0.2, 0.25) is 0 Å². The van der Waals surface area contributed by atoms with Crippen LogP contribution >= 0.6 is 11.6 Å². The maximum Gasteiger partial charge on any atom is 0.419 e. The number of carbonyl (C=O) groups is 1. The van der Waals surface area contributed by atoms with E-state index in [0.717, 1.165) is 36.4 Å². The lowest BCUT2D eigenvalue weighted by Gasteiger charge is -2.19. The van der Waals surface area contributed by atoms with Crippen LogP contribution in [0.4, 0.5) is 11.4 Å². The first-order chi connectivity index (χ1) is 17.4. The third-order valence-corrected chi connectivity index (χ3v) is 6.82. The number of carbonyl (C=O) groups excluding carboxylic acids is 1. The number of fused-ring (bicyclic) bond motifs is 2. The fraction of sp³-hybridized carbons (Fsp3) is 0.214. The number of hydrogen-bond donors (Lipinski definition) is 2. The molecule has 1 amide bonds. The second kappa shape index (κ2) is 9.68. The van der Waals surface area contributed by atoms with Gasteiger partial charge in [0.15, 0.2) is 5.58 Å². The van der Waals surface area contributed by atoms with Crippen LogP contribution < -0.4 is 16.4 Å². The van der Waals surface area contributed by atoms with Crippen molar-refractivity contribution in [2.24, 2.45) is 7.05 Å². The van der Waals surface area contributed by atoms with Crippen LogP contribution in [0.1, 0.15) is 30.5 Å². The smallest absolute Gasteiger partial charge is 0.408 e. The lowest BCUT2D eigenvalue weighted by atomic mass is 9.99. The summed E-state index contributed by atoms with van der Waals surface area (Å²) < 4.78 is 6.87. The molecule has 2 N–H and O–H groups in total. The number of benzene rings is 3. The van der Waals surface area contributed by atoms with Gasteiger partial charge in [0.25, 0.3) is 5.91 Å². The minimum atomic E-state index is -0.438. The van der Waals surface area contributed by atoms with Crippen LogP contribution in [0.25, 0.3) is 22.4 Å². The summed E-state index contributed by atoms with van der Waals surface area (Å²) in [6.07, 6.45) is 0. The molecule has 1 aromatic heterocycles. The molecule has 0 radical (unpaired) electrons. The topological polar surface area (TPSA) is 79.5 Å². The summed E-state index contributed by atoms with van der Waals surface area (Å²) in [4.78, 5) is 27.6. The molecule has 4 aromatic rings. The molecule has 0 aliphatic carbocycles. The molecule has 1 aliphatic heterocycles. The van der Waals surface area contributed by atoms with Crippen molar-refractivity contribution in [2.75, 3.05) is 23.7 Å². The van der Waals surface area contributed by atoms with Crippen LogP contribution in [0, 0.1) is 0 Å². The molecule has 0 saturated heterocycles. The van der Waals surface area contributed by atoms with E-state index in [1.807, 2.05) is 30.3 Å². The summed E-state index contributed by atoms with van der Waals surface area (Å²) in [6, 6.07) is 19.0. The first-order valence-corrected chi connectivity index (χ1v) is 12.3. The van der Waals surface area contributed by atoms with Crippen LogP contribution in [0.5, 0.6) is 0 Å². The Kier molecular flexibility index (Phi) is 6.43. The van der Waals surface area contributed by atoms with Crippen LogP contribution in [-0.2, 0) is 18.4 Å². The van der Waals surface area contributed by atoms with Crippen molar-refractivity contribution in [3.05, 3.63) is 92.9 Å². The minimum absolute atomic E-state index is 0.234. The highest BCUT2D eigenvalue weighted by Crippen LogP contribution is 2.39. The number of hydrogen-bond acceptors (Lipinski definition) is 5. The number of oxazole rings is 1. The van der Waals surface area contributed by atoms with Crippen LogP contribution in [0.3, 0.4) is 0 Å². The fourth-order valence-corrected chi connectivity index (χ4v) is 4.68. The van der Waals surface area contributed by atoms with Gasteiger partial charge in [-0.05, 0) is 55.1 Å². The van der Waals surface area contributed by atoms with Gasteiger partial charge in [-0.15, -0.1) is 0 Å². The van der Waals surface area contributed by atoms with E-state index in [0.29, 0.717) is 33.1 Å². The Morgan fingerprint density at radius 2 is 1.78 bits per heavy atom. The number of halogens is 1. The Hall–Kier alpha value is -3.81. The van der Waals surface area contributed by atoms with E-state index in [4.69, 9.17) is 16.0 Å². The largest absolute Gasteiger partial charge is 0.419 e.